The van der Waals surface area contributed by atoms with Gasteiger partial charge in [0.05, 0.1) is 12.5 Å². The summed E-state index contributed by atoms with van der Waals surface area (Å²) in [6.07, 6.45) is 2.30. The molecule has 3 rings (SSSR count). The Labute approximate surface area is 179 Å². The van der Waals surface area contributed by atoms with E-state index >= 15 is 0 Å². The summed E-state index contributed by atoms with van der Waals surface area (Å²) in [4.78, 5) is 19.3. The van der Waals surface area contributed by atoms with Gasteiger partial charge in [-0.15, -0.1) is 29.9 Å². The summed E-state index contributed by atoms with van der Waals surface area (Å²) in [5, 5.41) is 8.53. The molecule has 3 heterocycles. The lowest BCUT2D eigenvalue weighted by Gasteiger charge is -2.17. The van der Waals surface area contributed by atoms with Gasteiger partial charge in [0.25, 0.3) is 0 Å². The molecule has 1 unspecified atom stereocenters. The van der Waals surface area contributed by atoms with Gasteiger partial charge in [-0.3, -0.25) is 4.79 Å². The maximum atomic E-state index is 12.6. The van der Waals surface area contributed by atoms with Crippen molar-refractivity contribution in [3.63, 3.8) is 0 Å². The van der Waals surface area contributed by atoms with Crippen LogP contribution in [0.3, 0.4) is 0 Å². The zero-order valence-corrected chi connectivity index (χ0v) is 18.9. The number of hydrogen-bond donors (Lipinski definition) is 1. The van der Waals surface area contributed by atoms with Crippen LogP contribution in [0.15, 0.2) is 0 Å². The van der Waals surface area contributed by atoms with E-state index in [4.69, 9.17) is 9.72 Å². The highest BCUT2D eigenvalue weighted by Gasteiger charge is 2.26. The number of halogens is 2. The fraction of sp³-hybridized carbons (Fsp3) is 0.632. The zero-order chi connectivity index (χ0) is 18.8. The summed E-state index contributed by atoms with van der Waals surface area (Å²) in [5.41, 5.74) is 4.02. The van der Waals surface area contributed by atoms with E-state index in [-0.39, 0.29) is 30.7 Å². The van der Waals surface area contributed by atoms with Gasteiger partial charge in [0, 0.05) is 32.3 Å². The Morgan fingerprint density at radius 1 is 1.32 bits per heavy atom. The fourth-order valence-electron chi connectivity index (χ4n) is 4.01. The van der Waals surface area contributed by atoms with E-state index < -0.39 is 0 Å². The van der Waals surface area contributed by atoms with Crippen LogP contribution in [0.1, 0.15) is 29.7 Å². The van der Waals surface area contributed by atoms with Gasteiger partial charge in [-0.1, -0.05) is 0 Å². The Morgan fingerprint density at radius 3 is 2.68 bits per heavy atom. The molecule has 158 valence electrons. The van der Waals surface area contributed by atoms with Gasteiger partial charge in [-0.05, 0) is 57.3 Å². The molecule has 1 N–H and O–H groups in total. The molecule has 0 aromatic carbocycles. The van der Waals surface area contributed by atoms with Gasteiger partial charge in [-0.2, -0.15) is 0 Å². The fourth-order valence-corrected chi connectivity index (χ4v) is 4.01. The lowest BCUT2D eigenvalue weighted by molar-refractivity contribution is -0.130. The van der Waals surface area contributed by atoms with E-state index in [9.17, 15) is 4.79 Å². The molecule has 0 aliphatic carbocycles. The minimum Gasteiger partial charge on any atom is -0.479 e. The molecule has 0 saturated carbocycles. The van der Waals surface area contributed by atoms with Crippen LogP contribution in [0.25, 0.3) is 11.0 Å². The van der Waals surface area contributed by atoms with Crippen LogP contribution in [0.5, 0.6) is 5.88 Å². The van der Waals surface area contributed by atoms with Gasteiger partial charge < -0.3 is 15.0 Å². The van der Waals surface area contributed by atoms with Crippen molar-refractivity contribution in [2.24, 2.45) is 13.0 Å². The third-order valence-electron chi connectivity index (χ3n) is 5.44. The molecule has 7 nitrogen and oxygen atoms in total. The molecule has 1 saturated heterocycles. The number of methoxy groups -OCH3 is 1. The normalized spacial score (nSPS) is 16.0. The number of aryl methyl sites for hydroxylation is 3. The SMILES string of the molecule is CNCC1CCN(C(=O)CCc2c(C)nc3c(c(OC)nn3C)c2C)C1.Cl.Cl. The molecule has 1 aliphatic heterocycles. The molecule has 28 heavy (non-hydrogen) atoms. The standard InChI is InChI=1S/C19H29N5O2.2ClH/c1-12-15(6-7-16(25)24-9-8-14(11-24)10-20-3)13(2)21-18-17(12)19(26-5)22-23(18)4;;/h14,20H,6-11H2,1-5H3;2*1H. The topological polar surface area (TPSA) is 72.3 Å². The Kier molecular flexibility index (Phi) is 8.98. The maximum absolute atomic E-state index is 12.6. The van der Waals surface area contributed by atoms with Gasteiger partial charge in [-0.25, -0.2) is 9.67 Å². The van der Waals surface area contributed by atoms with Crippen molar-refractivity contribution in [2.75, 3.05) is 33.8 Å². The Balaban J connectivity index is 0.00000196. The monoisotopic (exact) mass is 431 g/mol. The maximum Gasteiger partial charge on any atom is 0.242 e. The number of amides is 1. The van der Waals surface area contributed by atoms with Crippen LogP contribution in [0.4, 0.5) is 0 Å². The number of pyridine rings is 1. The molecule has 1 atom stereocenters. The third-order valence-corrected chi connectivity index (χ3v) is 5.44. The number of nitrogens with one attached hydrogen (secondary N) is 1. The van der Waals surface area contributed by atoms with E-state index in [1.165, 1.54) is 0 Å². The summed E-state index contributed by atoms with van der Waals surface area (Å²) in [6.45, 7) is 6.79. The van der Waals surface area contributed by atoms with Crippen molar-refractivity contribution in [2.45, 2.75) is 33.1 Å². The van der Waals surface area contributed by atoms with Crippen molar-refractivity contribution < 1.29 is 9.53 Å². The molecule has 1 fully saturated rings. The first kappa shape index (κ1) is 24.5. The van der Waals surface area contributed by atoms with Crippen LogP contribution >= 0.6 is 24.8 Å². The van der Waals surface area contributed by atoms with Crippen molar-refractivity contribution >= 4 is 41.8 Å². The van der Waals surface area contributed by atoms with Crippen LogP contribution in [-0.4, -0.2) is 59.4 Å². The van der Waals surface area contributed by atoms with Gasteiger partial charge in [0.15, 0.2) is 5.65 Å². The minimum atomic E-state index is 0. The molecular weight excluding hydrogens is 401 g/mol. The quantitative estimate of drug-likeness (QED) is 0.759. The van der Waals surface area contributed by atoms with E-state index in [1.807, 2.05) is 25.9 Å². The molecule has 1 aliphatic rings. The Hall–Kier alpha value is -1.57. The lowest BCUT2D eigenvalue weighted by Crippen LogP contribution is -2.30. The molecule has 1 amide bonds. The molecule has 0 radical (unpaired) electrons. The highest BCUT2D eigenvalue weighted by atomic mass is 35.5. The average molecular weight is 432 g/mol. The van der Waals surface area contributed by atoms with Crippen molar-refractivity contribution in [1.29, 1.82) is 0 Å². The predicted octanol–water partition coefficient (Wildman–Crippen LogP) is 2.44. The molecular formula is C19H31Cl2N5O2. The van der Waals surface area contributed by atoms with Gasteiger partial charge in [0.1, 0.15) is 0 Å². The number of rotatable bonds is 6. The highest BCUT2D eigenvalue weighted by molar-refractivity contribution is 5.86. The summed E-state index contributed by atoms with van der Waals surface area (Å²) in [5.74, 6) is 1.40. The second kappa shape index (κ2) is 10.3. The zero-order valence-electron chi connectivity index (χ0n) is 17.2. The van der Waals surface area contributed by atoms with E-state index in [2.05, 4.69) is 17.3 Å². The molecule has 0 spiro atoms. The summed E-state index contributed by atoms with van der Waals surface area (Å²) in [6, 6.07) is 0. The van der Waals surface area contributed by atoms with Crippen LogP contribution in [-0.2, 0) is 18.3 Å². The molecule has 0 bridgehead atoms. The smallest absolute Gasteiger partial charge is 0.242 e. The highest BCUT2D eigenvalue weighted by Crippen LogP contribution is 2.30. The van der Waals surface area contributed by atoms with Crippen molar-refractivity contribution in [1.82, 2.24) is 25.0 Å². The molecule has 2 aromatic heterocycles. The number of hydrogen-bond acceptors (Lipinski definition) is 5. The number of ether oxygens (including phenoxy) is 1. The van der Waals surface area contributed by atoms with Gasteiger partial charge in [0.2, 0.25) is 11.8 Å². The van der Waals surface area contributed by atoms with E-state index in [0.717, 1.165) is 53.9 Å². The van der Waals surface area contributed by atoms with E-state index in [1.54, 1.807) is 11.8 Å². The minimum absolute atomic E-state index is 0. The Morgan fingerprint density at radius 2 is 2.04 bits per heavy atom. The van der Waals surface area contributed by atoms with Gasteiger partial charge >= 0.3 is 0 Å². The number of aromatic nitrogens is 3. The largest absolute Gasteiger partial charge is 0.479 e. The Bertz CT molecular complexity index is 824. The first-order valence-electron chi connectivity index (χ1n) is 9.25. The average Bonchev–Trinajstić information content (AvgIpc) is 3.20. The lowest BCUT2D eigenvalue weighted by atomic mass is 10.00. The second-order valence-electron chi connectivity index (χ2n) is 7.18. The number of carbonyl (C=O) groups excluding carboxylic acids is 1. The second-order valence-corrected chi connectivity index (χ2v) is 7.18. The third kappa shape index (κ3) is 4.70. The van der Waals surface area contributed by atoms with Crippen LogP contribution < -0.4 is 10.1 Å². The molecule has 9 heteroatoms. The first-order valence-corrected chi connectivity index (χ1v) is 9.25. The van der Waals surface area contributed by atoms with E-state index in [0.29, 0.717) is 24.6 Å². The summed E-state index contributed by atoms with van der Waals surface area (Å²) >= 11 is 0. The summed E-state index contributed by atoms with van der Waals surface area (Å²) in [7, 11) is 5.46. The van der Waals surface area contributed by atoms with Crippen molar-refractivity contribution in [3.8, 4) is 5.88 Å². The van der Waals surface area contributed by atoms with Crippen LogP contribution in [0.2, 0.25) is 0 Å². The number of likely N-dealkylation sites (tertiary alicyclic amines) is 1. The van der Waals surface area contributed by atoms with Crippen molar-refractivity contribution in [3.05, 3.63) is 16.8 Å². The summed E-state index contributed by atoms with van der Waals surface area (Å²) < 4.78 is 7.16. The first-order chi connectivity index (χ1) is 12.5. The molecule has 2 aromatic rings. The number of fused-ring (bicyclic) bond motifs is 1. The predicted molar refractivity (Wildman–Crippen MR) is 116 cm³/mol. The number of nitrogens with zero attached hydrogens (tertiary/aromatic N) is 4. The van der Waals surface area contributed by atoms with Crippen LogP contribution in [0, 0.1) is 19.8 Å². The number of carbonyl (C=O) groups is 1.